The van der Waals surface area contributed by atoms with E-state index < -0.39 is 11.0 Å². The first kappa shape index (κ1) is 10.0. The van der Waals surface area contributed by atoms with Crippen LogP contribution in [0.4, 0.5) is 16.2 Å². The number of hydrogen-bond donors (Lipinski definition) is 2. The molecule has 0 aliphatic rings. The Labute approximate surface area is 80.9 Å². The average Bonchev–Trinajstić information content (AvgIpc) is 2.18. The maximum Gasteiger partial charge on any atom is 0.306 e. The Hall–Kier alpha value is -2.05. The van der Waals surface area contributed by atoms with Gasteiger partial charge in [-0.15, -0.1) is 0 Å². The largest absolute Gasteiger partial charge is 0.388 e. The number of nitro benzene ring substituents is 1. The topological polar surface area (TPSA) is 84.3 Å². The molecule has 0 saturated heterocycles. The van der Waals surface area contributed by atoms with E-state index in [4.69, 9.17) is 0 Å². The van der Waals surface area contributed by atoms with E-state index in [0.717, 1.165) is 0 Å². The molecule has 0 atom stereocenters. The molecule has 0 aliphatic carbocycles. The zero-order valence-corrected chi connectivity index (χ0v) is 7.48. The van der Waals surface area contributed by atoms with Crippen molar-refractivity contribution in [2.24, 2.45) is 0 Å². The summed E-state index contributed by atoms with van der Waals surface area (Å²) in [5.41, 5.74) is 0.331. The lowest BCUT2D eigenvalue weighted by Crippen LogP contribution is -2.25. The minimum absolute atomic E-state index is 0.0566. The number of carbonyl (C=O) groups excluding carboxylic acids is 1. The molecule has 2 N–H and O–H groups in total. The van der Waals surface area contributed by atoms with Crippen molar-refractivity contribution in [3.63, 3.8) is 0 Å². The van der Waals surface area contributed by atoms with Gasteiger partial charge in [0.05, 0.1) is 4.92 Å². The van der Waals surface area contributed by atoms with Gasteiger partial charge in [-0.3, -0.25) is 10.1 Å². The van der Waals surface area contributed by atoms with Gasteiger partial charge >= 0.3 is 6.03 Å². The lowest BCUT2D eigenvalue weighted by atomic mass is 10.3. The molecular formula is C7H8BN3O3. The van der Waals surface area contributed by atoms with Crippen molar-refractivity contribution < 1.29 is 9.72 Å². The summed E-state index contributed by atoms with van der Waals surface area (Å²) in [6.07, 6.45) is 0. The average molecular weight is 193 g/mol. The van der Waals surface area contributed by atoms with Gasteiger partial charge in [0.15, 0.2) is 0 Å². The third kappa shape index (κ3) is 2.48. The van der Waals surface area contributed by atoms with Gasteiger partial charge < -0.3 is 10.5 Å². The van der Waals surface area contributed by atoms with Crippen LogP contribution in [0.1, 0.15) is 0 Å². The van der Waals surface area contributed by atoms with E-state index in [2.05, 4.69) is 10.5 Å². The normalized spacial score (nSPS) is 9.14. The highest BCUT2D eigenvalue weighted by molar-refractivity contribution is 6.16. The molecule has 0 heterocycles. The van der Waals surface area contributed by atoms with Crippen LogP contribution in [0.5, 0.6) is 0 Å². The van der Waals surface area contributed by atoms with Gasteiger partial charge in [0.25, 0.3) is 5.69 Å². The lowest BCUT2D eigenvalue weighted by Gasteiger charge is -2.03. The molecule has 0 unspecified atom stereocenters. The monoisotopic (exact) mass is 193 g/mol. The molecule has 6 nitrogen and oxygen atoms in total. The molecule has 1 rings (SSSR count). The smallest absolute Gasteiger partial charge is 0.306 e. The highest BCUT2D eigenvalue weighted by Crippen LogP contribution is 2.16. The van der Waals surface area contributed by atoms with Gasteiger partial charge in [0.2, 0.25) is 7.98 Å². The predicted molar refractivity (Wildman–Crippen MR) is 53.8 cm³/mol. The van der Waals surface area contributed by atoms with Gasteiger partial charge in [0.1, 0.15) is 0 Å². The highest BCUT2D eigenvalue weighted by atomic mass is 16.6. The number of non-ortho nitro benzene ring substituents is 1. The van der Waals surface area contributed by atoms with Crippen molar-refractivity contribution in [2.45, 2.75) is 0 Å². The van der Waals surface area contributed by atoms with E-state index in [0.29, 0.717) is 5.69 Å². The molecule has 14 heavy (non-hydrogen) atoms. The van der Waals surface area contributed by atoms with Crippen molar-refractivity contribution in [1.82, 2.24) is 5.23 Å². The van der Waals surface area contributed by atoms with E-state index in [9.17, 15) is 14.9 Å². The van der Waals surface area contributed by atoms with E-state index in [1.807, 2.05) is 0 Å². The Morgan fingerprint density at radius 1 is 1.50 bits per heavy atom. The van der Waals surface area contributed by atoms with Crippen molar-refractivity contribution in [3.8, 4) is 0 Å². The number of nitrogens with zero attached hydrogens (tertiary/aromatic N) is 1. The van der Waals surface area contributed by atoms with E-state index >= 15 is 0 Å². The highest BCUT2D eigenvalue weighted by Gasteiger charge is 2.06. The molecule has 1 aromatic carbocycles. The molecule has 0 fully saturated rings. The van der Waals surface area contributed by atoms with Crippen LogP contribution in [-0.4, -0.2) is 18.9 Å². The number of carbonyl (C=O) groups is 1. The Morgan fingerprint density at radius 2 is 2.21 bits per heavy atom. The van der Waals surface area contributed by atoms with E-state index in [-0.39, 0.29) is 5.69 Å². The minimum Gasteiger partial charge on any atom is -0.388 e. The number of hydrogen-bond acceptors (Lipinski definition) is 3. The first-order valence-electron chi connectivity index (χ1n) is 3.86. The van der Waals surface area contributed by atoms with Crippen molar-refractivity contribution >= 4 is 25.4 Å². The minimum atomic E-state index is -0.519. The molecular weight excluding hydrogens is 185 g/mol. The molecule has 72 valence electrons. The second kappa shape index (κ2) is 4.26. The van der Waals surface area contributed by atoms with Crippen molar-refractivity contribution in [2.75, 3.05) is 5.32 Å². The first-order chi connectivity index (χ1) is 6.63. The molecule has 0 aromatic heterocycles. The van der Waals surface area contributed by atoms with E-state index in [1.54, 1.807) is 6.07 Å². The van der Waals surface area contributed by atoms with Crippen LogP contribution in [0.15, 0.2) is 24.3 Å². The summed E-state index contributed by atoms with van der Waals surface area (Å²) in [7, 11) is 1.46. The SMILES string of the molecule is BNC(=O)Nc1cccc([N+](=O)[O-])c1. The van der Waals surface area contributed by atoms with Crippen LogP contribution in [0.25, 0.3) is 0 Å². The molecule has 0 saturated carbocycles. The van der Waals surface area contributed by atoms with E-state index in [1.165, 1.54) is 26.2 Å². The molecule has 0 bridgehead atoms. The number of nitro groups is 1. The lowest BCUT2D eigenvalue weighted by molar-refractivity contribution is -0.384. The Morgan fingerprint density at radius 3 is 2.79 bits per heavy atom. The first-order valence-corrected chi connectivity index (χ1v) is 3.86. The third-order valence-corrected chi connectivity index (χ3v) is 1.54. The third-order valence-electron chi connectivity index (χ3n) is 1.54. The van der Waals surface area contributed by atoms with Crippen LogP contribution in [-0.2, 0) is 0 Å². The fourth-order valence-electron chi connectivity index (χ4n) is 0.891. The summed E-state index contributed by atoms with van der Waals surface area (Å²) >= 11 is 0. The predicted octanol–water partition coefficient (Wildman–Crippen LogP) is 0.264. The van der Waals surface area contributed by atoms with Crippen molar-refractivity contribution in [1.29, 1.82) is 0 Å². The summed E-state index contributed by atoms with van der Waals surface area (Å²) < 4.78 is 0. The maximum atomic E-state index is 10.9. The second-order valence-electron chi connectivity index (χ2n) is 2.51. The Balaban J connectivity index is 2.83. The second-order valence-corrected chi connectivity index (χ2v) is 2.51. The summed E-state index contributed by atoms with van der Waals surface area (Å²) in [5.74, 6) is 0. The number of amides is 2. The Kier molecular flexibility index (Phi) is 3.06. The summed E-state index contributed by atoms with van der Waals surface area (Å²) in [6.45, 7) is 0. The van der Waals surface area contributed by atoms with Crippen LogP contribution in [0.2, 0.25) is 0 Å². The molecule has 0 aliphatic heterocycles. The number of anilines is 1. The van der Waals surface area contributed by atoms with Crippen LogP contribution >= 0.6 is 0 Å². The molecule has 2 amide bonds. The van der Waals surface area contributed by atoms with Crippen LogP contribution < -0.4 is 10.5 Å². The zero-order valence-electron chi connectivity index (χ0n) is 7.48. The molecule has 0 spiro atoms. The molecule has 0 radical (unpaired) electrons. The van der Waals surface area contributed by atoms with Crippen LogP contribution in [0, 0.1) is 10.1 Å². The van der Waals surface area contributed by atoms with Gasteiger partial charge in [-0.05, 0) is 6.07 Å². The maximum absolute atomic E-state index is 10.9. The molecule has 7 heteroatoms. The fraction of sp³-hybridized carbons (Fsp3) is 0. The van der Waals surface area contributed by atoms with Crippen LogP contribution in [0.3, 0.4) is 0 Å². The number of benzene rings is 1. The summed E-state index contributed by atoms with van der Waals surface area (Å²) in [5, 5.41) is 15.2. The van der Waals surface area contributed by atoms with Gasteiger partial charge in [-0.2, -0.15) is 0 Å². The van der Waals surface area contributed by atoms with Gasteiger partial charge in [-0.1, -0.05) is 6.07 Å². The number of rotatable bonds is 2. The summed E-state index contributed by atoms with van der Waals surface area (Å²) in [4.78, 5) is 20.7. The van der Waals surface area contributed by atoms with Crippen molar-refractivity contribution in [3.05, 3.63) is 34.4 Å². The Bertz CT molecular complexity index is 369. The summed E-state index contributed by atoms with van der Waals surface area (Å²) in [6, 6.07) is 5.31. The number of urea groups is 1. The molecule has 1 aromatic rings. The fourth-order valence-corrected chi connectivity index (χ4v) is 0.891. The zero-order chi connectivity index (χ0) is 10.6. The quantitative estimate of drug-likeness (QED) is 0.401. The van der Waals surface area contributed by atoms with Gasteiger partial charge in [0, 0.05) is 17.8 Å². The van der Waals surface area contributed by atoms with Gasteiger partial charge in [-0.25, -0.2) is 4.79 Å². The number of nitrogens with one attached hydrogen (secondary N) is 2. The standard InChI is InChI=1S/C7H8BN3O3/c8-10-7(12)9-5-2-1-3-6(4-5)11(13)14/h1-4H,8H2,(H2,9,10,12).